The summed E-state index contributed by atoms with van der Waals surface area (Å²) in [7, 11) is 0. The van der Waals surface area contributed by atoms with Crippen LogP contribution in [0.3, 0.4) is 0 Å². The summed E-state index contributed by atoms with van der Waals surface area (Å²) in [5.41, 5.74) is 5.26. The average molecular weight is 439 g/mol. The maximum Gasteiger partial charge on any atom is 0.163 e. The van der Waals surface area contributed by atoms with E-state index in [0.717, 1.165) is 47.4 Å². The molecule has 7 heteroatoms. The summed E-state index contributed by atoms with van der Waals surface area (Å²) in [5, 5.41) is 3.61. The molecule has 0 unspecified atom stereocenters. The number of hydrogen-bond donors (Lipinski definition) is 1. The Hall–Kier alpha value is -2.32. The molecule has 2 aromatic heterocycles. The number of aryl methyl sites for hydroxylation is 1. The van der Waals surface area contributed by atoms with E-state index in [2.05, 4.69) is 45.1 Å². The fraction of sp³-hybridized carbons (Fsp3) is 0.520. The third-order valence-electron chi connectivity index (χ3n) is 6.05. The van der Waals surface area contributed by atoms with E-state index in [1.807, 2.05) is 39.0 Å². The molecule has 172 valence electrons. The zero-order valence-electron chi connectivity index (χ0n) is 19.5. The van der Waals surface area contributed by atoms with Crippen molar-refractivity contribution in [3.63, 3.8) is 0 Å². The second-order valence-electron chi connectivity index (χ2n) is 8.91. The lowest BCUT2D eigenvalue weighted by molar-refractivity contribution is -0.144. The minimum absolute atomic E-state index is 0.125. The van der Waals surface area contributed by atoms with Crippen LogP contribution in [0.2, 0.25) is 0 Å². The van der Waals surface area contributed by atoms with Gasteiger partial charge in [0.15, 0.2) is 5.79 Å². The van der Waals surface area contributed by atoms with Crippen molar-refractivity contribution in [1.82, 2.24) is 19.9 Å². The second-order valence-corrected chi connectivity index (χ2v) is 8.91. The molecule has 1 N–H and O–H groups in total. The highest BCUT2D eigenvalue weighted by Crippen LogP contribution is 2.28. The second kappa shape index (κ2) is 10.1. The molecule has 1 saturated heterocycles. The smallest absolute Gasteiger partial charge is 0.163 e. The van der Waals surface area contributed by atoms with E-state index < -0.39 is 5.79 Å². The molecule has 1 fully saturated rings. The summed E-state index contributed by atoms with van der Waals surface area (Å²) >= 11 is 0. The Balaban J connectivity index is 1.40. The van der Waals surface area contributed by atoms with Gasteiger partial charge in [-0.25, -0.2) is 9.97 Å². The van der Waals surface area contributed by atoms with Crippen LogP contribution in [-0.4, -0.2) is 39.6 Å². The Labute approximate surface area is 190 Å². The Morgan fingerprint density at radius 1 is 1.25 bits per heavy atom. The lowest BCUT2D eigenvalue weighted by atomic mass is 10.00. The predicted molar refractivity (Wildman–Crippen MR) is 124 cm³/mol. The predicted octanol–water partition coefficient (Wildman–Crippen LogP) is 4.18. The van der Waals surface area contributed by atoms with Gasteiger partial charge >= 0.3 is 0 Å². The molecular formula is C25H34N4O3. The van der Waals surface area contributed by atoms with Crippen LogP contribution in [0.4, 0.5) is 0 Å². The fourth-order valence-electron chi connectivity index (χ4n) is 4.31. The number of fused-ring (bicyclic) bond motifs is 1. The first kappa shape index (κ1) is 22.9. The first-order chi connectivity index (χ1) is 15.5. The van der Waals surface area contributed by atoms with Crippen LogP contribution in [-0.2, 0) is 34.1 Å². The molecule has 0 aliphatic carbocycles. The van der Waals surface area contributed by atoms with Gasteiger partial charge in [-0.2, -0.15) is 0 Å². The highest BCUT2D eigenvalue weighted by Gasteiger charge is 2.36. The minimum Gasteiger partial charge on any atom is -0.356 e. The Morgan fingerprint density at radius 3 is 2.78 bits per heavy atom. The lowest BCUT2D eigenvalue weighted by Gasteiger charge is -2.23. The van der Waals surface area contributed by atoms with Gasteiger partial charge in [0.05, 0.1) is 36.0 Å². The Kier molecular flexibility index (Phi) is 7.20. The van der Waals surface area contributed by atoms with Crippen molar-refractivity contribution in [2.45, 2.75) is 65.9 Å². The van der Waals surface area contributed by atoms with Crippen LogP contribution >= 0.6 is 0 Å². The van der Waals surface area contributed by atoms with Gasteiger partial charge in [0.1, 0.15) is 13.1 Å². The molecule has 3 heterocycles. The van der Waals surface area contributed by atoms with Gasteiger partial charge in [-0.3, -0.25) is 0 Å². The van der Waals surface area contributed by atoms with E-state index in [0.29, 0.717) is 25.9 Å². The molecule has 1 aliphatic rings. The van der Waals surface area contributed by atoms with Crippen molar-refractivity contribution in [3.05, 3.63) is 59.7 Å². The van der Waals surface area contributed by atoms with Crippen LogP contribution in [0, 0.1) is 12.8 Å². The number of nitrogens with one attached hydrogen (secondary N) is 1. The quantitative estimate of drug-likeness (QED) is 0.512. The molecule has 32 heavy (non-hydrogen) atoms. The van der Waals surface area contributed by atoms with Gasteiger partial charge in [0.2, 0.25) is 0 Å². The van der Waals surface area contributed by atoms with E-state index in [9.17, 15) is 0 Å². The van der Waals surface area contributed by atoms with Gasteiger partial charge in [-0.05, 0) is 38.7 Å². The number of rotatable bonds is 10. The molecule has 7 nitrogen and oxygen atoms in total. The zero-order valence-corrected chi connectivity index (χ0v) is 19.5. The maximum absolute atomic E-state index is 6.07. The number of ether oxygens (including phenoxy) is 3. The van der Waals surface area contributed by atoms with E-state index in [1.54, 1.807) is 6.33 Å². The van der Waals surface area contributed by atoms with Crippen molar-refractivity contribution in [2.24, 2.45) is 5.92 Å². The molecular weight excluding hydrogens is 404 g/mol. The van der Waals surface area contributed by atoms with Crippen molar-refractivity contribution >= 4 is 11.0 Å². The number of hydrogen-bond acceptors (Lipinski definition) is 6. The molecule has 0 radical (unpaired) electrons. The average Bonchev–Trinajstić information content (AvgIpc) is 3.32. The van der Waals surface area contributed by atoms with Gasteiger partial charge in [0, 0.05) is 24.8 Å². The first-order valence-corrected chi connectivity index (χ1v) is 11.4. The molecule has 0 amide bonds. The van der Waals surface area contributed by atoms with Crippen molar-refractivity contribution in [3.8, 4) is 0 Å². The van der Waals surface area contributed by atoms with Crippen molar-refractivity contribution < 1.29 is 14.2 Å². The zero-order chi connectivity index (χ0) is 22.6. The van der Waals surface area contributed by atoms with Gasteiger partial charge < -0.3 is 24.1 Å². The largest absolute Gasteiger partial charge is 0.356 e. The van der Waals surface area contributed by atoms with E-state index in [1.165, 1.54) is 0 Å². The van der Waals surface area contributed by atoms with Crippen LogP contribution in [0.15, 0.2) is 42.9 Å². The summed E-state index contributed by atoms with van der Waals surface area (Å²) in [6.07, 6.45) is 4.92. The van der Waals surface area contributed by atoms with Crippen molar-refractivity contribution in [2.75, 3.05) is 13.2 Å². The molecule has 2 atom stereocenters. The third kappa shape index (κ3) is 5.35. The summed E-state index contributed by atoms with van der Waals surface area (Å²) in [5.74, 6) is -0.0876. The Morgan fingerprint density at radius 2 is 2.06 bits per heavy atom. The standard InChI is InChI=1S/C25H34N4O3/c1-5-20(22-15-31-25(3,4)32-22)11-26-12-21-13-29(24-18(2)27-16-28-23(21)24)17-30-14-19-9-7-6-8-10-19/h6-10,13,16,20,22,26H,5,11-12,14-15,17H2,1-4H3/t20-,22+/m0/s1. The molecule has 1 aromatic carbocycles. The lowest BCUT2D eigenvalue weighted by Crippen LogP contribution is -2.33. The van der Waals surface area contributed by atoms with E-state index >= 15 is 0 Å². The minimum atomic E-state index is -0.486. The summed E-state index contributed by atoms with van der Waals surface area (Å²) < 4.78 is 19.9. The number of aromatic nitrogens is 3. The molecule has 0 bridgehead atoms. The summed E-state index contributed by atoms with van der Waals surface area (Å²) in [6.45, 7) is 11.4. The summed E-state index contributed by atoms with van der Waals surface area (Å²) in [6, 6.07) is 10.2. The first-order valence-electron chi connectivity index (χ1n) is 11.4. The highest BCUT2D eigenvalue weighted by atomic mass is 16.7. The normalized spacial score (nSPS) is 18.9. The van der Waals surface area contributed by atoms with Crippen molar-refractivity contribution in [1.29, 1.82) is 0 Å². The third-order valence-corrected chi connectivity index (χ3v) is 6.05. The van der Waals surface area contributed by atoms with Crippen LogP contribution in [0.1, 0.15) is 44.0 Å². The maximum atomic E-state index is 6.07. The molecule has 1 aliphatic heterocycles. The van der Waals surface area contributed by atoms with Gasteiger partial charge in [0.25, 0.3) is 0 Å². The topological polar surface area (TPSA) is 70.4 Å². The van der Waals surface area contributed by atoms with Gasteiger partial charge in [-0.15, -0.1) is 0 Å². The molecule has 4 rings (SSSR count). The van der Waals surface area contributed by atoms with Crippen LogP contribution < -0.4 is 5.32 Å². The van der Waals surface area contributed by atoms with E-state index in [4.69, 9.17) is 14.2 Å². The summed E-state index contributed by atoms with van der Waals surface area (Å²) in [4.78, 5) is 8.97. The molecule has 0 saturated carbocycles. The molecule has 0 spiro atoms. The number of benzene rings is 1. The monoisotopic (exact) mass is 438 g/mol. The van der Waals surface area contributed by atoms with E-state index in [-0.39, 0.29) is 6.10 Å². The molecule has 3 aromatic rings. The highest BCUT2D eigenvalue weighted by molar-refractivity contribution is 5.81. The number of nitrogens with zero attached hydrogens (tertiary/aromatic N) is 3. The van der Waals surface area contributed by atoms with Crippen LogP contribution in [0.5, 0.6) is 0 Å². The fourth-order valence-corrected chi connectivity index (χ4v) is 4.31. The Bertz CT molecular complexity index is 1020. The van der Waals surface area contributed by atoms with Crippen LogP contribution in [0.25, 0.3) is 11.0 Å². The SMILES string of the molecule is CC[C@@H](CNCc1cn(COCc2ccccc2)c2c(C)ncnc12)[C@H]1COC(C)(C)O1. The van der Waals surface area contributed by atoms with Gasteiger partial charge in [-0.1, -0.05) is 37.3 Å².